The third-order valence-electron chi connectivity index (χ3n) is 3.76. The van der Waals surface area contributed by atoms with Crippen LogP contribution in [0.25, 0.3) is 0 Å². The highest BCUT2D eigenvalue weighted by Crippen LogP contribution is 2.21. The van der Waals surface area contributed by atoms with Gasteiger partial charge in [0.25, 0.3) is 0 Å². The van der Waals surface area contributed by atoms with Crippen molar-refractivity contribution >= 4 is 0 Å². The van der Waals surface area contributed by atoms with Crippen LogP contribution in [0.1, 0.15) is 75.5 Å². The molecule has 0 aliphatic carbocycles. The third kappa shape index (κ3) is 7.06. The van der Waals surface area contributed by atoms with Crippen molar-refractivity contribution in [3.63, 3.8) is 0 Å². The van der Waals surface area contributed by atoms with E-state index in [2.05, 4.69) is 6.92 Å². The Morgan fingerprint density at radius 1 is 0.950 bits per heavy atom. The summed E-state index contributed by atoms with van der Waals surface area (Å²) in [6, 6.07) is 8.10. The van der Waals surface area contributed by atoms with Crippen molar-refractivity contribution in [1.82, 2.24) is 0 Å². The van der Waals surface area contributed by atoms with E-state index >= 15 is 0 Å². The molecular weight excluding hydrogens is 248 g/mol. The van der Waals surface area contributed by atoms with E-state index in [0.29, 0.717) is 6.61 Å². The average Bonchev–Trinajstić information content (AvgIpc) is 2.47. The molecule has 1 aromatic carbocycles. The molecule has 0 radical (unpaired) electrons. The Kier molecular flexibility index (Phi) is 9.35. The van der Waals surface area contributed by atoms with Gasteiger partial charge in [-0.2, -0.15) is 0 Å². The largest absolute Gasteiger partial charge is 0.388 e. The number of rotatable bonds is 11. The van der Waals surface area contributed by atoms with Crippen molar-refractivity contribution in [2.24, 2.45) is 0 Å². The molecule has 0 aliphatic rings. The second kappa shape index (κ2) is 10.9. The van der Waals surface area contributed by atoms with E-state index in [0.717, 1.165) is 24.0 Å². The van der Waals surface area contributed by atoms with E-state index in [1.165, 1.54) is 38.5 Å². The van der Waals surface area contributed by atoms with Gasteiger partial charge < -0.3 is 9.84 Å². The van der Waals surface area contributed by atoms with Crippen molar-refractivity contribution in [3.05, 3.63) is 35.4 Å². The second-order valence-corrected chi connectivity index (χ2v) is 5.60. The van der Waals surface area contributed by atoms with Crippen LogP contribution in [-0.4, -0.2) is 12.2 Å². The lowest BCUT2D eigenvalue weighted by Crippen LogP contribution is -1.98. The van der Waals surface area contributed by atoms with Gasteiger partial charge in [0.15, 0.2) is 0 Å². The monoisotopic (exact) mass is 278 g/mol. The molecule has 0 fully saturated rings. The van der Waals surface area contributed by atoms with Crippen LogP contribution < -0.4 is 0 Å². The summed E-state index contributed by atoms with van der Waals surface area (Å²) in [6.07, 6.45) is 9.58. The standard InChI is InChI=1S/C18H30O2/c1-3-4-5-6-7-8-9-10-18(19)17-13-11-16(12-14-17)15-20-2/h11-14,18-19H,3-10,15H2,1-2H3. The molecule has 0 amide bonds. The molecule has 114 valence electrons. The van der Waals surface area contributed by atoms with Gasteiger partial charge in [0.1, 0.15) is 0 Å². The summed E-state index contributed by atoms with van der Waals surface area (Å²) in [5, 5.41) is 10.2. The highest BCUT2D eigenvalue weighted by Gasteiger charge is 2.06. The SMILES string of the molecule is CCCCCCCCCC(O)c1ccc(COC)cc1. The molecule has 0 aromatic heterocycles. The summed E-state index contributed by atoms with van der Waals surface area (Å²) in [5.41, 5.74) is 2.18. The quantitative estimate of drug-likeness (QED) is 0.577. The lowest BCUT2D eigenvalue weighted by Gasteiger charge is -2.11. The number of hydrogen-bond donors (Lipinski definition) is 1. The number of aliphatic hydroxyl groups excluding tert-OH is 1. The normalized spacial score (nSPS) is 12.6. The zero-order valence-corrected chi connectivity index (χ0v) is 13.1. The van der Waals surface area contributed by atoms with Gasteiger partial charge in [-0.25, -0.2) is 0 Å². The van der Waals surface area contributed by atoms with E-state index in [4.69, 9.17) is 4.74 Å². The number of hydrogen-bond acceptors (Lipinski definition) is 2. The average molecular weight is 278 g/mol. The molecule has 0 saturated heterocycles. The predicted octanol–water partition coefficient (Wildman–Crippen LogP) is 5.01. The first-order valence-electron chi connectivity index (χ1n) is 8.03. The summed E-state index contributed by atoms with van der Waals surface area (Å²) in [7, 11) is 1.70. The lowest BCUT2D eigenvalue weighted by atomic mass is 10.0. The Morgan fingerprint density at radius 3 is 2.15 bits per heavy atom. The van der Waals surface area contributed by atoms with Gasteiger partial charge in [-0.15, -0.1) is 0 Å². The Hall–Kier alpha value is -0.860. The Labute approximate surface area is 124 Å². The Morgan fingerprint density at radius 2 is 1.55 bits per heavy atom. The smallest absolute Gasteiger partial charge is 0.0790 e. The fourth-order valence-corrected chi connectivity index (χ4v) is 2.46. The maximum atomic E-state index is 10.2. The molecule has 0 bridgehead atoms. The van der Waals surface area contributed by atoms with Crippen LogP contribution in [0.15, 0.2) is 24.3 Å². The van der Waals surface area contributed by atoms with Crippen LogP contribution >= 0.6 is 0 Å². The maximum Gasteiger partial charge on any atom is 0.0790 e. The van der Waals surface area contributed by atoms with Crippen molar-refractivity contribution < 1.29 is 9.84 Å². The minimum atomic E-state index is -0.317. The molecule has 1 rings (SSSR count). The van der Waals surface area contributed by atoms with Gasteiger partial charge in [-0.05, 0) is 17.5 Å². The maximum absolute atomic E-state index is 10.2. The molecule has 2 nitrogen and oxygen atoms in total. The number of aliphatic hydroxyl groups is 1. The predicted molar refractivity (Wildman–Crippen MR) is 84.7 cm³/mol. The fourth-order valence-electron chi connectivity index (χ4n) is 2.46. The van der Waals surface area contributed by atoms with Gasteiger partial charge >= 0.3 is 0 Å². The van der Waals surface area contributed by atoms with Crippen LogP contribution in [0.5, 0.6) is 0 Å². The molecule has 20 heavy (non-hydrogen) atoms. The number of unbranched alkanes of at least 4 members (excludes halogenated alkanes) is 6. The molecule has 0 saturated carbocycles. The summed E-state index contributed by atoms with van der Waals surface area (Å²) < 4.78 is 5.09. The zero-order chi connectivity index (χ0) is 14.6. The highest BCUT2D eigenvalue weighted by molar-refractivity contribution is 5.23. The minimum absolute atomic E-state index is 0.317. The number of benzene rings is 1. The molecule has 1 atom stereocenters. The summed E-state index contributed by atoms with van der Waals surface area (Å²) >= 11 is 0. The summed E-state index contributed by atoms with van der Waals surface area (Å²) in [4.78, 5) is 0. The van der Waals surface area contributed by atoms with Crippen LogP contribution in [0.2, 0.25) is 0 Å². The van der Waals surface area contributed by atoms with Crippen molar-refractivity contribution in [1.29, 1.82) is 0 Å². The zero-order valence-electron chi connectivity index (χ0n) is 13.1. The van der Waals surface area contributed by atoms with Gasteiger partial charge in [0.05, 0.1) is 12.7 Å². The topological polar surface area (TPSA) is 29.5 Å². The Balaban J connectivity index is 2.17. The van der Waals surface area contributed by atoms with Crippen molar-refractivity contribution in [2.45, 2.75) is 71.0 Å². The molecule has 0 heterocycles. The third-order valence-corrected chi connectivity index (χ3v) is 3.76. The first-order valence-corrected chi connectivity index (χ1v) is 8.03. The fraction of sp³-hybridized carbons (Fsp3) is 0.667. The van der Waals surface area contributed by atoms with E-state index in [1.54, 1.807) is 7.11 Å². The summed E-state index contributed by atoms with van der Waals surface area (Å²) in [5.74, 6) is 0. The Bertz CT molecular complexity index is 332. The van der Waals surface area contributed by atoms with E-state index in [9.17, 15) is 5.11 Å². The van der Waals surface area contributed by atoms with Crippen LogP contribution in [0.3, 0.4) is 0 Å². The van der Waals surface area contributed by atoms with Gasteiger partial charge in [-0.1, -0.05) is 76.1 Å². The molecule has 0 aliphatic heterocycles. The van der Waals surface area contributed by atoms with E-state index < -0.39 is 0 Å². The van der Waals surface area contributed by atoms with Crippen LogP contribution in [0, 0.1) is 0 Å². The molecule has 1 aromatic rings. The van der Waals surface area contributed by atoms with Gasteiger partial charge in [0.2, 0.25) is 0 Å². The molecule has 2 heteroatoms. The van der Waals surface area contributed by atoms with Gasteiger partial charge in [-0.3, -0.25) is 0 Å². The number of methoxy groups -OCH3 is 1. The molecule has 0 spiro atoms. The van der Waals surface area contributed by atoms with Crippen LogP contribution in [0.4, 0.5) is 0 Å². The van der Waals surface area contributed by atoms with Gasteiger partial charge in [0, 0.05) is 7.11 Å². The van der Waals surface area contributed by atoms with E-state index in [1.807, 2.05) is 24.3 Å². The summed E-state index contributed by atoms with van der Waals surface area (Å²) in [6.45, 7) is 2.88. The first-order chi connectivity index (χ1) is 9.77. The van der Waals surface area contributed by atoms with Crippen molar-refractivity contribution in [2.75, 3.05) is 7.11 Å². The lowest BCUT2D eigenvalue weighted by molar-refractivity contribution is 0.163. The minimum Gasteiger partial charge on any atom is -0.388 e. The highest BCUT2D eigenvalue weighted by atomic mass is 16.5. The van der Waals surface area contributed by atoms with Crippen molar-refractivity contribution in [3.8, 4) is 0 Å². The van der Waals surface area contributed by atoms with E-state index in [-0.39, 0.29) is 6.10 Å². The molecule has 1 unspecified atom stereocenters. The second-order valence-electron chi connectivity index (χ2n) is 5.60. The first kappa shape index (κ1) is 17.2. The van der Waals surface area contributed by atoms with Crippen LogP contribution in [-0.2, 0) is 11.3 Å². The number of ether oxygens (including phenoxy) is 1. The molecular formula is C18H30O2. The molecule has 1 N–H and O–H groups in total.